The van der Waals surface area contributed by atoms with Gasteiger partial charge >= 0.3 is 0 Å². The van der Waals surface area contributed by atoms with Crippen LogP contribution in [-0.2, 0) is 11.3 Å². The van der Waals surface area contributed by atoms with Crippen molar-refractivity contribution in [3.8, 4) is 23.1 Å². The average Bonchev–Trinajstić information content (AvgIpc) is 3.57. The molecule has 1 aliphatic rings. The van der Waals surface area contributed by atoms with E-state index in [1.54, 1.807) is 36.1 Å². The van der Waals surface area contributed by atoms with E-state index in [-0.39, 0.29) is 12.0 Å². The molecule has 1 saturated heterocycles. The van der Waals surface area contributed by atoms with E-state index in [2.05, 4.69) is 0 Å². The van der Waals surface area contributed by atoms with E-state index in [0.29, 0.717) is 47.7 Å². The average molecular weight is 532 g/mol. The zero-order valence-corrected chi connectivity index (χ0v) is 22.2. The van der Waals surface area contributed by atoms with E-state index < -0.39 is 0 Å². The molecular formula is C30H30ClN3O4. The number of ether oxygens (including phenoxy) is 3. The van der Waals surface area contributed by atoms with Crippen molar-refractivity contribution in [2.45, 2.75) is 32.4 Å². The molecule has 0 N–H and O–H groups in total. The van der Waals surface area contributed by atoms with Crippen LogP contribution in [0.25, 0.3) is 5.69 Å². The molecule has 4 aromatic rings. The lowest BCUT2D eigenvalue weighted by Gasteiger charge is -2.26. The molecule has 196 valence electrons. The second-order valence-corrected chi connectivity index (χ2v) is 9.63. The number of nitrogens with zero attached hydrogens (tertiary/aromatic N) is 3. The molecule has 8 heteroatoms. The van der Waals surface area contributed by atoms with Crippen LogP contribution in [0.15, 0.2) is 78.9 Å². The molecule has 0 aliphatic carbocycles. The van der Waals surface area contributed by atoms with Crippen molar-refractivity contribution >= 4 is 17.5 Å². The maximum atomic E-state index is 13.7. The highest BCUT2D eigenvalue weighted by Gasteiger charge is 2.28. The standard InChI is InChI=1S/C30H30ClN3O4/c1-21-26(20-33(19-25-11-8-18-37-25)29(35)22-14-16-23(31)17-15-22)30(34(32-21)24-9-4-3-5-10-24)38-28-13-7-6-12-27(28)36-2/h3-7,9-10,12-17,25H,8,11,18-20H2,1-2H3/t25-/m0/s1. The summed E-state index contributed by atoms with van der Waals surface area (Å²) >= 11 is 6.08. The molecule has 1 aliphatic heterocycles. The van der Waals surface area contributed by atoms with Gasteiger partial charge in [0, 0.05) is 23.7 Å². The molecule has 0 saturated carbocycles. The Bertz CT molecular complexity index is 1380. The molecule has 1 amide bonds. The van der Waals surface area contributed by atoms with Crippen molar-refractivity contribution in [1.82, 2.24) is 14.7 Å². The summed E-state index contributed by atoms with van der Waals surface area (Å²) in [6.07, 6.45) is 1.88. The number of para-hydroxylation sites is 3. The summed E-state index contributed by atoms with van der Waals surface area (Å²) in [5.74, 6) is 1.58. The summed E-state index contributed by atoms with van der Waals surface area (Å²) in [6, 6.07) is 24.2. The number of hydrogen-bond donors (Lipinski definition) is 0. The number of hydrogen-bond acceptors (Lipinski definition) is 5. The van der Waals surface area contributed by atoms with Crippen molar-refractivity contribution < 1.29 is 19.0 Å². The van der Waals surface area contributed by atoms with Gasteiger partial charge in [0.25, 0.3) is 5.91 Å². The SMILES string of the molecule is COc1ccccc1Oc1c(CN(C[C@@H]2CCCO2)C(=O)c2ccc(Cl)cc2)c(C)nn1-c1ccccc1. The van der Waals surface area contributed by atoms with Gasteiger partial charge in [0.15, 0.2) is 11.5 Å². The Morgan fingerprint density at radius 1 is 1.05 bits per heavy atom. The number of aromatic nitrogens is 2. The first kappa shape index (κ1) is 25.8. The van der Waals surface area contributed by atoms with E-state index in [9.17, 15) is 4.79 Å². The molecule has 38 heavy (non-hydrogen) atoms. The third kappa shape index (κ3) is 5.69. The molecule has 2 heterocycles. The van der Waals surface area contributed by atoms with Gasteiger partial charge in [0.2, 0.25) is 5.88 Å². The van der Waals surface area contributed by atoms with Crippen molar-refractivity contribution in [3.63, 3.8) is 0 Å². The minimum absolute atomic E-state index is 0.0192. The molecule has 1 fully saturated rings. The Hall–Kier alpha value is -3.81. The fourth-order valence-corrected chi connectivity index (χ4v) is 4.72. The van der Waals surface area contributed by atoms with Crippen molar-refractivity contribution in [2.24, 2.45) is 0 Å². The number of aryl methyl sites for hydroxylation is 1. The highest BCUT2D eigenvalue weighted by Crippen LogP contribution is 2.36. The number of halogens is 1. The van der Waals surface area contributed by atoms with Crippen molar-refractivity contribution in [1.29, 1.82) is 0 Å². The minimum Gasteiger partial charge on any atom is -0.493 e. The third-order valence-corrected chi connectivity index (χ3v) is 6.84. The lowest BCUT2D eigenvalue weighted by atomic mass is 10.1. The normalized spacial score (nSPS) is 14.9. The Kier molecular flexibility index (Phi) is 7.96. The minimum atomic E-state index is -0.104. The summed E-state index contributed by atoms with van der Waals surface area (Å²) in [6.45, 7) is 3.40. The molecule has 0 radical (unpaired) electrons. The molecule has 0 unspecified atom stereocenters. The van der Waals surface area contributed by atoms with Gasteiger partial charge < -0.3 is 19.1 Å². The Morgan fingerprint density at radius 3 is 2.45 bits per heavy atom. The summed E-state index contributed by atoms with van der Waals surface area (Å²) in [7, 11) is 1.61. The summed E-state index contributed by atoms with van der Waals surface area (Å²) in [5.41, 5.74) is 2.98. The van der Waals surface area contributed by atoms with E-state index in [0.717, 1.165) is 29.8 Å². The molecule has 7 nitrogen and oxygen atoms in total. The van der Waals surface area contributed by atoms with Crippen LogP contribution >= 0.6 is 11.6 Å². The fraction of sp³-hybridized carbons (Fsp3) is 0.267. The number of carbonyl (C=O) groups excluding carboxylic acids is 1. The quantitative estimate of drug-likeness (QED) is 0.248. The summed E-state index contributed by atoms with van der Waals surface area (Å²) in [4.78, 5) is 15.6. The van der Waals surface area contributed by atoms with Gasteiger partial charge in [-0.05, 0) is 68.3 Å². The van der Waals surface area contributed by atoms with Gasteiger partial charge in [0.05, 0.1) is 36.7 Å². The third-order valence-electron chi connectivity index (χ3n) is 6.59. The highest BCUT2D eigenvalue weighted by atomic mass is 35.5. The fourth-order valence-electron chi connectivity index (χ4n) is 4.60. The highest BCUT2D eigenvalue weighted by molar-refractivity contribution is 6.30. The zero-order chi connectivity index (χ0) is 26.5. The number of carbonyl (C=O) groups is 1. The van der Waals surface area contributed by atoms with Crippen LogP contribution in [0.4, 0.5) is 0 Å². The Morgan fingerprint density at radius 2 is 1.76 bits per heavy atom. The zero-order valence-electron chi connectivity index (χ0n) is 21.5. The van der Waals surface area contributed by atoms with E-state index in [1.165, 1.54) is 0 Å². The van der Waals surface area contributed by atoms with Crippen LogP contribution < -0.4 is 9.47 Å². The van der Waals surface area contributed by atoms with Crippen molar-refractivity contribution in [3.05, 3.63) is 101 Å². The van der Waals surface area contributed by atoms with Gasteiger partial charge in [0.1, 0.15) is 0 Å². The van der Waals surface area contributed by atoms with Gasteiger partial charge in [-0.3, -0.25) is 4.79 Å². The topological polar surface area (TPSA) is 65.8 Å². The maximum Gasteiger partial charge on any atom is 0.254 e. The molecule has 0 spiro atoms. The van der Waals surface area contributed by atoms with Crippen LogP contribution in [0.1, 0.15) is 34.5 Å². The van der Waals surface area contributed by atoms with Gasteiger partial charge in [-0.1, -0.05) is 41.9 Å². The van der Waals surface area contributed by atoms with Crippen LogP contribution in [0, 0.1) is 6.92 Å². The smallest absolute Gasteiger partial charge is 0.254 e. The van der Waals surface area contributed by atoms with E-state index in [1.807, 2.05) is 66.4 Å². The second kappa shape index (κ2) is 11.7. The molecule has 1 aromatic heterocycles. The molecule has 5 rings (SSSR count). The molecule has 0 bridgehead atoms. The molecule has 3 aromatic carbocycles. The maximum absolute atomic E-state index is 13.7. The first-order valence-electron chi connectivity index (χ1n) is 12.6. The molecular weight excluding hydrogens is 502 g/mol. The predicted molar refractivity (Wildman–Crippen MR) is 147 cm³/mol. The number of amides is 1. The summed E-state index contributed by atoms with van der Waals surface area (Å²) < 4.78 is 19.7. The largest absolute Gasteiger partial charge is 0.493 e. The second-order valence-electron chi connectivity index (χ2n) is 9.20. The lowest BCUT2D eigenvalue weighted by Crippen LogP contribution is -2.37. The van der Waals surface area contributed by atoms with Crippen LogP contribution in [0.2, 0.25) is 5.02 Å². The van der Waals surface area contributed by atoms with Crippen LogP contribution in [0.3, 0.4) is 0 Å². The van der Waals surface area contributed by atoms with Gasteiger partial charge in [-0.25, -0.2) is 4.68 Å². The first-order valence-corrected chi connectivity index (χ1v) is 13.0. The number of benzene rings is 3. The Labute approximate surface area is 227 Å². The van der Waals surface area contributed by atoms with E-state index in [4.69, 9.17) is 30.9 Å². The van der Waals surface area contributed by atoms with Crippen molar-refractivity contribution in [2.75, 3.05) is 20.3 Å². The van der Waals surface area contributed by atoms with Crippen LogP contribution in [-0.4, -0.2) is 47.0 Å². The predicted octanol–water partition coefficient (Wildman–Crippen LogP) is 6.46. The monoisotopic (exact) mass is 531 g/mol. The number of rotatable bonds is 9. The summed E-state index contributed by atoms with van der Waals surface area (Å²) in [5, 5.41) is 5.41. The lowest BCUT2D eigenvalue weighted by molar-refractivity contribution is 0.0505. The first-order chi connectivity index (χ1) is 18.5. The Balaban J connectivity index is 1.56. The van der Waals surface area contributed by atoms with Gasteiger partial charge in [-0.15, -0.1) is 0 Å². The van der Waals surface area contributed by atoms with Crippen LogP contribution in [0.5, 0.6) is 17.4 Å². The van der Waals surface area contributed by atoms with Gasteiger partial charge in [-0.2, -0.15) is 5.10 Å². The molecule has 1 atom stereocenters. The van der Waals surface area contributed by atoms with E-state index >= 15 is 0 Å². The number of methoxy groups -OCH3 is 1.